The van der Waals surface area contributed by atoms with Gasteiger partial charge in [-0.1, -0.05) is 24.6 Å². The van der Waals surface area contributed by atoms with Crippen LogP contribution in [-0.2, 0) is 11.2 Å². The van der Waals surface area contributed by atoms with Crippen molar-refractivity contribution in [3.8, 4) is 0 Å². The highest BCUT2D eigenvalue weighted by molar-refractivity contribution is 8.01. The number of carbonyl (C=O) groups excluding carboxylic acids is 1. The number of nitrogens with one attached hydrogen (secondary N) is 1. The van der Waals surface area contributed by atoms with Gasteiger partial charge in [-0.25, -0.2) is 0 Å². The number of amides is 1. The molecule has 1 N–H and O–H groups in total. The lowest BCUT2D eigenvalue weighted by atomic mass is 9.89. The van der Waals surface area contributed by atoms with Crippen LogP contribution in [0.2, 0.25) is 0 Å². The second-order valence-electron chi connectivity index (χ2n) is 5.79. The van der Waals surface area contributed by atoms with Crippen LogP contribution >= 0.6 is 23.4 Å². The molecule has 0 saturated heterocycles. The molecule has 1 aliphatic carbocycles. The fourth-order valence-electron chi connectivity index (χ4n) is 3.10. The van der Waals surface area contributed by atoms with Gasteiger partial charge in [0.05, 0.1) is 5.25 Å². The van der Waals surface area contributed by atoms with Gasteiger partial charge in [0, 0.05) is 16.8 Å². The number of alkyl halides is 1. The van der Waals surface area contributed by atoms with Crippen LogP contribution in [0.5, 0.6) is 0 Å². The molecule has 1 amide bonds. The predicted octanol–water partition coefficient (Wildman–Crippen LogP) is 3.62. The van der Waals surface area contributed by atoms with Gasteiger partial charge < -0.3 is 5.32 Å². The highest BCUT2D eigenvalue weighted by Gasteiger charge is 2.28. The number of benzene rings is 1. The molecule has 108 valence electrons. The molecule has 4 heteroatoms. The van der Waals surface area contributed by atoms with E-state index in [0.29, 0.717) is 11.3 Å². The topological polar surface area (TPSA) is 29.1 Å². The first-order valence-electron chi connectivity index (χ1n) is 7.38. The van der Waals surface area contributed by atoms with Crippen molar-refractivity contribution in [2.24, 2.45) is 5.92 Å². The summed E-state index contributed by atoms with van der Waals surface area (Å²) in [7, 11) is 0. The summed E-state index contributed by atoms with van der Waals surface area (Å²) in [4.78, 5) is 13.5. The molecule has 1 fully saturated rings. The standard InChI is InChI=1S/C16H20ClNOS/c17-13-6-3-4-11(8-13)10-18-16(19)15-9-12-5-1-2-7-14(12)20-15/h1-2,5,7,11,13,15H,3-4,6,8-10H2,(H,18,19). The summed E-state index contributed by atoms with van der Waals surface area (Å²) < 4.78 is 0. The number of hydrogen-bond donors (Lipinski definition) is 1. The number of halogens is 1. The number of fused-ring (bicyclic) bond motifs is 1. The lowest BCUT2D eigenvalue weighted by Gasteiger charge is -2.25. The van der Waals surface area contributed by atoms with E-state index in [0.717, 1.165) is 25.8 Å². The van der Waals surface area contributed by atoms with Gasteiger partial charge in [0.15, 0.2) is 0 Å². The van der Waals surface area contributed by atoms with Crippen LogP contribution in [0.1, 0.15) is 31.2 Å². The molecule has 2 aliphatic rings. The summed E-state index contributed by atoms with van der Waals surface area (Å²) in [5, 5.41) is 3.48. The van der Waals surface area contributed by atoms with Crippen molar-refractivity contribution in [2.75, 3.05) is 6.54 Å². The van der Waals surface area contributed by atoms with Gasteiger partial charge in [-0.3, -0.25) is 4.79 Å². The molecule has 1 saturated carbocycles. The summed E-state index contributed by atoms with van der Waals surface area (Å²) in [5.41, 5.74) is 1.30. The molecule has 0 radical (unpaired) electrons. The molecular weight excluding hydrogens is 290 g/mol. The van der Waals surface area contributed by atoms with E-state index in [9.17, 15) is 4.79 Å². The van der Waals surface area contributed by atoms with Gasteiger partial charge in [0.25, 0.3) is 0 Å². The van der Waals surface area contributed by atoms with E-state index in [1.165, 1.54) is 23.3 Å². The monoisotopic (exact) mass is 309 g/mol. The average molecular weight is 310 g/mol. The second kappa shape index (κ2) is 6.40. The number of rotatable bonds is 3. The third-order valence-electron chi connectivity index (χ3n) is 4.22. The van der Waals surface area contributed by atoms with Crippen LogP contribution in [0.25, 0.3) is 0 Å². The molecule has 1 aliphatic heterocycles. The van der Waals surface area contributed by atoms with Gasteiger partial charge in [-0.2, -0.15) is 0 Å². The summed E-state index contributed by atoms with van der Waals surface area (Å²) in [5.74, 6) is 0.742. The fourth-order valence-corrected chi connectivity index (χ4v) is 4.72. The van der Waals surface area contributed by atoms with E-state index >= 15 is 0 Å². The minimum atomic E-state index is 0.0442. The lowest BCUT2D eigenvalue weighted by molar-refractivity contribution is -0.120. The van der Waals surface area contributed by atoms with Crippen molar-refractivity contribution in [1.29, 1.82) is 0 Å². The maximum absolute atomic E-state index is 12.3. The minimum absolute atomic E-state index is 0.0442. The molecule has 1 heterocycles. The quantitative estimate of drug-likeness (QED) is 0.864. The van der Waals surface area contributed by atoms with Gasteiger partial charge in [-0.15, -0.1) is 23.4 Å². The molecule has 0 spiro atoms. The molecular formula is C16H20ClNOS. The second-order valence-corrected chi connectivity index (χ2v) is 7.66. The first-order chi connectivity index (χ1) is 9.72. The zero-order chi connectivity index (χ0) is 13.9. The van der Waals surface area contributed by atoms with Crippen molar-refractivity contribution in [1.82, 2.24) is 5.32 Å². The maximum Gasteiger partial charge on any atom is 0.233 e. The lowest BCUT2D eigenvalue weighted by Crippen LogP contribution is -2.37. The van der Waals surface area contributed by atoms with E-state index in [1.807, 2.05) is 12.1 Å². The summed E-state index contributed by atoms with van der Waals surface area (Å²) in [6, 6.07) is 8.30. The summed E-state index contributed by atoms with van der Waals surface area (Å²) >= 11 is 7.89. The molecule has 1 aromatic carbocycles. The normalized spacial score (nSPS) is 28.9. The summed E-state index contributed by atoms with van der Waals surface area (Å²) in [6.07, 6.45) is 5.41. The van der Waals surface area contributed by atoms with Crippen molar-refractivity contribution in [3.63, 3.8) is 0 Å². The van der Waals surface area contributed by atoms with Crippen molar-refractivity contribution in [3.05, 3.63) is 29.8 Å². The molecule has 2 nitrogen and oxygen atoms in total. The van der Waals surface area contributed by atoms with Crippen LogP contribution in [0.4, 0.5) is 0 Å². The number of carbonyl (C=O) groups is 1. The third-order valence-corrected chi connectivity index (χ3v) is 5.94. The van der Waals surface area contributed by atoms with Crippen LogP contribution in [0.15, 0.2) is 29.2 Å². The first-order valence-corrected chi connectivity index (χ1v) is 8.70. The van der Waals surface area contributed by atoms with Crippen LogP contribution in [-0.4, -0.2) is 23.1 Å². The van der Waals surface area contributed by atoms with E-state index in [2.05, 4.69) is 17.4 Å². The van der Waals surface area contributed by atoms with Crippen LogP contribution in [0, 0.1) is 5.92 Å². The van der Waals surface area contributed by atoms with Crippen molar-refractivity contribution < 1.29 is 4.79 Å². The van der Waals surface area contributed by atoms with Gasteiger partial charge in [-0.05, 0) is 43.2 Å². The zero-order valence-electron chi connectivity index (χ0n) is 11.5. The third kappa shape index (κ3) is 3.32. The Hall–Kier alpha value is -0.670. The van der Waals surface area contributed by atoms with Crippen LogP contribution < -0.4 is 5.32 Å². The maximum atomic E-state index is 12.3. The molecule has 3 unspecified atom stereocenters. The Kier molecular flexibility index (Phi) is 4.57. The number of thioether (sulfide) groups is 1. The van der Waals surface area contributed by atoms with Crippen molar-refractivity contribution >= 4 is 29.3 Å². The molecule has 0 bridgehead atoms. The molecule has 20 heavy (non-hydrogen) atoms. The SMILES string of the molecule is O=C(NCC1CCCC(Cl)C1)C1Cc2ccccc2S1. The average Bonchev–Trinajstić information content (AvgIpc) is 2.89. The van der Waals surface area contributed by atoms with Gasteiger partial charge in [0.2, 0.25) is 5.91 Å². The van der Waals surface area contributed by atoms with E-state index in [-0.39, 0.29) is 11.2 Å². The molecule has 1 aromatic rings. The van der Waals surface area contributed by atoms with Gasteiger partial charge in [0.1, 0.15) is 0 Å². The Morgan fingerprint density at radius 2 is 2.20 bits per heavy atom. The Labute approximate surface area is 129 Å². The molecule has 3 rings (SSSR count). The highest BCUT2D eigenvalue weighted by atomic mass is 35.5. The Balaban J connectivity index is 1.49. The Morgan fingerprint density at radius 3 is 3.00 bits per heavy atom. The van der Waals surface area contributed by atoms with Crippen LogP contribution in [0.3, 0.4) is 0 Å². The molecule has 0 aromatic heterocycles. The Bertz CT molecular complexity index is 468. The molecule has 3 atom stereocenters. The fraction of sp³-hybridized carbons (Fsp3) is 0.562. The number of hydrogen-bond acceptors (Lipinski definition) is 2. The van der Waals surface area contributed by atoms with Gasteiger partial charge >= 0.3 is 0 Å². The van der Waals surface area contributed by atoms with Crippen molar-refractivity contribution in [2.45, 2.75) is 47.6 Å². The van der Waals surface area contributed by atoms with E-state index in [4.69, 9.17) is 11.6 Å². The van der Waals surface area contributed by atoms with E-state index < -0.39 is 0 Å². The predicted molar refractivity (Wildman–Crippen MR) is 84.4 cm³/mol. The minimum Gasteiger partial charge on any atom is -0.355 e. The van der Waals surface area contributed by atoms with E-state index in [1.54, 1.807) is 11.8 Å². The first kappa shape index (κ1) is 14.3. The zero-order valence-corrected chi connectivity index (χ0v) is 13.1. The smallest absolute Gasteiger partial charge is 0.233 e. The Morgan fingerprint density at radius 1 is 1.35 bits per heavy atom. The highest BCUT2D eigenvalue weighted by Crippen LogP contribution is 2.36. The summed E-state index contributed by atoms with van der Waals surface area (Å²) in [6.45, 7) is 0.787. The largest absolute Gasteiger partial charge is 0.355 e.